The van der Waals surface area contributed by atoms with Crippen LogP contribution in [0.1, 0.15) is 5.56 Å². The number of amides is 1. The van der Waals surface area contributed by atoms with Crippen LogP contribution in [0, 0.1) is 5.82 Å². The van der Waals surface area contributed by atoms with Gasteiger partial charge in [0, 0.05) is 10.2 Å². The minimum atomic E-state index is -4.54. The number of halogens is 5. The molecule has 23 heavy (non-hydrogen) atoms. The Bertz CT molecular complexity index is 702. The van der Waals surface area contributed by atoms with Gasteiger partial charge >= 0.3 is 6.18 Å². The van der Waals surface area contributed by atoms with E-state index in [2.05, 4.69) is 21.2 Å². The van der Waals surface area contributed by atoms with Gasteiger partial charge in [0.2, 0.25) is 0 Å². The number of ether oxygens (including phenoxy) is 1. The summed E-state index contributed by atoms with van der Waals surface area (Å²) in [5, 5.41) is 2.30. The average molecular weight is 392 g/mol. The van der Waals surface area contributed by atoms with E-state index in [-0.39, 0.29) is 15.9 Å². The number of nitrogens with one attached hydrogen (secondary N) is 1. The summed E-state index contributed by atoms with van der Waals surface area (Å²) in [5.74, 6) is -0.811. The van der Waals surface area contributed by atoms with Gasteiger partial charge in [0.25, 0.3) is 5.91 Å². The van der Waals surface area contributed by atoms with Crippen LogP contribution in [-0.4, -0.2) is 12.5 Å². The van der Waals surface area contributed by atoms with Gasteiger partial charge < -0.3 is 10.1 Å². The zero-order valence-corrected chi connectivity index (χ0v) is 13.0. The van der Waals surface area contributed by atoms with Gasteiger partial charge in [-0.1, -0.05) is 15.9 Å². The molecule has 2 rings (SSSR count). The van der Waals surface area contributed by atoms with E-state index in [0.717, 1.165) is 18.2 Å². The lowest BCUT2D eigenvalue weighted by Crippen LogP contribution is -2.20. The topological polar surface area (TPSA) is 38.3 Å². The van der Waals surface area contributed by atoms with Crippen LogP contribution in [0.2, 0.25) is 0 Å². The molecule has 0 aromatic heterocycles. The smallest absolute Gasteiger partial charge is 0.417 e. The second-order valence-electron chi connectivity index (χ2n) is 4.48. The summed E-state index contributed by atoms with van der Waals surface area (Å²) in [6, 6.07) is 8.34. The Morgan fingerprint density at radius 2 is 1.78 bits per heavy atom. The molecule has 0 saturated carbocycles. The van der Waals surface area contributed by atoms with E-state index < -0.39 is 30.1 Å². The summed E-state index contributed by atoms with van der Waals surface area (Å²) in [6.45, 7) is -0.414. The number of alkyl halides is 3. The van der Waals surface area contributed by atoms with Crippen molar-refractivity contribution in [3.8, 4) is 5.75 Å². The summed E-state index contributed by atoms with van der Waals surface area (Å²) < 4.78 is 56.0. The van der Waals surface area contributed by atoms with Crippen LogP contribution in [-0.2, 0) is 11.0 Å². The SMILES string of the molecule is O=C(COc1ccc(F)cc1)Nc1ccc(Br)c(C(F)(F)F)c1. The van der Waals surface area contributed by atoms with Gasteiger partial charge in [0.15, 0.2) is 6.61 Å². The summed E-state index contributed by atoms with van der Waals surface area (Å²) in [7, 11) is 0. The van der Waals surface area contributed by atoms with E-state index in [1.807, 2.05) is 0 Å². The molecule has 3 nitrogen and oxygen atoms in total. The summed E-state index contributed by atoms with van der Waals surface area (Å²) in [6.07, 6.45) is -4.54. The maximum atomic E-state index is 12.8. The van der Waals surface area contributed by atoms with E-state index in [9.17, 15) is 22.4 Å². The van der Waals surface area contributed by atoms with Crippen LogP contribution in [0.15, 0.2) is 46.9 Å². The van der Waals surface area contributed by atoms with Gasteiger partial charge in [-0.25, -0.2) is 4.39 Å². The number of benzene rings is 2. The molecule has 0 saturated heterocycles. The summed E-state index contributed by atoms with van der Waals surface area (Å²) in [4.78, 5) is 11.7. The number of rotatable bonds is 4. The molecule has 0 spiro atoms. The highest BCUT2D eigenvalue weighted by atomic mass is 79.9. The first-order valence-electron chi connectivity index (χ1n) is 6.30. The fourth-order valence-electron chi connectivity index (χ4n) is 1.70. The second-order valence-corrected chi connectivity index (χ2v) is 5.34. The van der Waals surface area contributed by atoms with Crippen LogP contribution in [0.5, 0.6) is 5.75 Å². The average Bonchev–Trinajstić information content (AvgIpc) is 2.47. The molecule has 0 atom stereocenters. The lowest BCUT2D eigenvalue weighted by molar-refractivity contribution is -0.138. The van der Waals surface area contributed by atoms with Gasteiger partial charge in [-0.05, 0) is 42.5 Å². The second kappa shape index (κ2) is 6.99. The highest BCUT2D eigenvalue weighted by Crippen LogP contribution is 2.36. The van der Waals surface area contributed by atoms with Crippen LogP contribution >= 0.6 is 15.9 Å². The standard InChI is InChI=1S/C15H10BrF4NO2/c16-13-6-3-10(7-12(13)15(18,19)20)21-14(22)8-23-11-4-1-9(17)2-5-11/h1-7H,8H2,(H,21,22). The third-order valence-corrected chi connectivity index (χ3v) is 3.43. The zero-order valence-electron chi connectivity index (χ0n) is 11.5. The number of hydrogen-bond donors (Lipinski definition) is 1. The Morgan fingerprint density at radius 1 is 1.13 bits per heavy atom. The van der Waals surface area contributed by atoms with Crippen molar-refractivity contribution in [1.29, 1.82) is 0 Å². The van der Waals surface area contributed by atoms with E-state index >= 15 is 0 Å². The van der Waals surface area contributed by atoms with Crippen LogP contribution in [0.25, 0.3) is 0 Å². The van der Waals surface area contributed by atoms with Crippen molar-refractivity contribution >= 4 is 27.5 Å². The molecule has 122 valence electrons. The minimum Gasteiger partial charge on any atom is -0.484 e. The van der Waals surface area contributed by atoms with Crippen LogP contribution in [0.4, 0.5) is 23.2 Å². The van der Waals surface area contributed by atoms with Gasteiger partial charge in [-0.15, -0.1) is 0 Å². The Hall–Kier alpha value is -2.09. The van der Waals surface area contributed by atoms with Crippen molar-refractivity contribution in [2.75, 3.05) is 11.9 Å². The molecule has 0 aliphatic rings. The molecule has 8 heteroatoms. The van der Waals surface area contributed by atoms with Gasteiger partial charge in [-0.3, -0.25) is 4.79 Å². The molecule has 0 unspecified atom stereocenters. The van der Waals surface area contributed by atoms with Crippen molar-refractivity contribution in [3.05, 3.63) is 58.3 Å². The lowest BCUT2D eigenvalue weighted by atomic mass is 10.2. The van der Waals surface area contributed by atoms with Crippen molar-refractivity contribution < 1.29 is 27.1 Å². The zero-order chi connectivity index (χ0) is 17.0. The number of carbonyl (C=O) groups excluding carboxylic acids is 1. The van der Waals surface area contributed by atoms with Gasteiger partial charge in [0.1, 0.15) is 11.6 Å². The minimum absolute atomic E-state index is 0.00627. The molecular formula is C15H10BrF4NO2. The van der Waals surface area contributed by atoms with Gasteiger partial charge in [-0.2, -0.15) is 13.2 Å². The molecule has 0 aliphatic carbocycles. The largest absolute Gasteiger partial charge is 0.484 e. The molecule has 2 aromatic rings. The molecular weight excluding hydrogens is 382 g/mol. The molecule has 1 N–H and O–H groups in total. The van der Waals surface area contributed by atoms with Crippen molar-refractivity contribution in [1.82, 2.24) is 0 Å². The Kier molecular flexibility index (Phi) is 5.25. The monoisotopic (exact) mass is 391 g/mol. The Balaban J connectivity index is 1.99. The number of carbonyl (C=O) groups is 1. The normalized spacial score (nSPS) is 11.2. The van der Waals surface area contributed by atoms with E-state index in [1.165, 1.54) is 24.3 Å². The highest BCUT2D eigenvalue weighted by molar-refractivity contribution is 9.10. The fraction of sp³-hybridized carbons (Fsp3) is 0.133. The summed E-state index contributed by atoms with van der Waals surface area (Å²) >= 11 is 2.81. The molecule has 0 bridgehead atoms. The molecule has 0 aliphatic heterocycles. The number of anilines is 1. The van der Waals surface area contributed by atoms with Crippen LogP contribution in [0.3, 0.4) is 0 Å². The van der Waals surface area contributed by atoms with Crippen LogP contribution < -0.4 is 10.1 Å². The third-order valence-electron chi connectivity index (χ3n) is 2.74. The Labute approximate surface area is 137 Å². The molecule has 0 radical (unpaired) electrons. The van der Waals surface area contributed by atoms with Gasteiger partial charge in [0.05, 0.1) is 5.56 Å². The first-order chi connectivity index (χ1) is 10.8. The van der Waals surface area contributed by atoms with E-state index in [1.54, 1.807) is 0 Å². The van der Waals surface area contributed by atoms with Crippen molar-refractivity contribution in [2.45, 2.75) is 6.18 Å². The predicted octanol–water partition coefficient (Wildman–Crippen LogP) is 4.62. The Morgan fingerprint density at radius 3 is 2.39 bits per heavy atom. The predicted molar refractivity (Wildman–Crippen MR) is 79.7 cm³/mol. The van der Waals surface area contributed by atoms with E-state index in [0.29, 0.717) is 0 Å². The third kappa shape index (κ3) is 4.95. The first-order valence-corrected chi connectivity index (χ1v) is 7.10. The van der Waals surface area contributed by atoms with Crippen molar-refractivity contribution in [3.63, 3.8) is 0 Å². The molecule has 0 fully saturated rings. The molecule has 0 heterocycles. The first kappa shape index (κ1) is 17.3. The quantitative estimate of drug-likeness (QED) is 0.771. The van der Waals surface area contributed by atoms with E-state index in [4.69, 9.17) is 4.74 Å². The number of hydrogen-bond acceptors (Lipinski definition) is 2. The van der Waals surface area contributed by atoms with Crippen molar-refractivity contribution in [2.24, 2.45) is 0 Å². The lowest BCUT2D eigenvalue weighted by Gasteiger charge is -2.12. The molecule has 2 aromatic carbocycles. The maximum Gasteiger partial charge on any atom is 0.417 e. The molecule has 1 amide bonds. The highest BCUT2D eigenvalue weighted by Gasteiger charge is 2.33. The fourth-order valence-corrected chi connectivity index (χ4v) is 2.17. The summed E-state index contributed by atoms with van der Waals surface area (Å²) in [5.41, 5.74) is -0.900. The maximum absolute atomic E-state index is 12.8.